The molecule has 3 heteroatoms. The van der Waals surface area contributed by atoms with Crippen LogP contribution in [0.15, 0.2) is 53.3 Å². The summed E-state index contributed by atoms with van der Waals surface area (Å²) in [5, 5.41) is 9.14. The third-order valence-electron chi connectivity index (χ3n) is 2.27. The van der Waals surface area contributed by atoms with Gasteiger partial charge in [-0.1, -0.05) is 34.1 Å². The summed E-state index contributed by atoms with van der Waals surface area (Å²) < 4.78 is 1.02. The highest BCUT2D eigenvalue weighted by Gasteiger charge is 2.00. The number of nitrogens with zero attached hydrogens (tertiary/aromatic N) is 2. The van der Waals surface area contributed by atoms with Crippen molar-refractivity contribution in [3.63, 3.8) is 0 Å². The first-order valence-corrected chi connectivity index (χ1v) is 5.86. The molecule has 1 heterocycles. The molecule has 82 valence electrons. The number of benzene rings is 1. The number of halogens is 1. The lowest BCUT2D eigenvalue weighted by Gasteiger charge is -1.99. The highest BCUT2D eigenvalue weighted by Crippen LogP contribution is 2.18. The molecule has 0 radical (unpaired) electrons. The molecule has 0 saturated heterocycles. The molecule has 0 saturated carbocycles. The zero-order valence-electron chi connectivity index (χ0n) is 8.97. The molecule has 2 rings (SSSR count). The molecular formula is C14H9BrN2. The molecule has 0 bridgehead atoms. The maximum Gasteiger partial charge on any atom is 0.0998 e. The summed E-state index contributed by atoms with van der Waals surface area (Å²) in [6.07, 6.45) is 5.23. The van der Waals surface area contributed by atoms with Gasteiger partial charge >= 0.3 is 0 Å². The molecule has 0 N–H and O–H groups in total. The maximum atomic E-state index is 9.14. The molecule has 0 aliphatic rings. The van der Waals surface area contributed by atoms with Crippen molar-refractivity contribution < 1.29 is 0 Å². The lowest BCUT2D eigenvalue weighted by atomic mass is 10.1. The van der Waals surface area contributed by atoms with Crippen LogP contribution >= 0.6 is 15.9 Å². The van der Waals surface area contributed by atoms with Gasteiger partial charge in [0.1, 0.15) is 0 Å². The number of rotatable bonds is 2. The first-order valence-electron chi connectivity index (χ1n) is 5.07. The van der Waals surface area contributed by atoms with E-state index in [0.29, 0.717) is 5.57 Å². The summed E-state index contributed by atoms with van der Waals surface area (Å²) in [6.45, 7) is 0. The number of hydrogen-bond acceptors (Lipinski definition) is 2. The van der Waals surface area contributed by atoms with E-state index in [1.54, 1.807) is 12.4 Å². The van der Waals surface area contributed by atoms with E-state index in [2.05, 4.69) is 27.0 Å². The van der Waals surface area contributed by atoms with Crippen LogP contribution in [0.5, 0.6) is 0 Å². The zero-order valence-corrected chi connectivity index (χ0v) is 10.6. The molecule has 2 aromatic rings. The molecule has 0 fully saturated rings. The first-order chi connectivity index (χ1) is 8.29. The van der Waals surface area contributed by atoms with E-state index in [1.165, 1.54) is 0 Å². The molecule has 0 spiro atoms. The lowest BCUT2D eigenvalue weighted by molar-refractivity contribution is 1.31. The minimum Gasteiger partial charge on any atom is -0.264 e. The standard InChI is InChI=1S/C14H9BrN2/c15-14-5-3-11(4-6-14)8-13(9-16)12-2-1-7-17-10-12/h1-8,10H/b13-8+. The number of nitriles is 1. The quantitative estimate of drug-likeness (QED) is 0.784. The fraction of sp³-hybridized carbons (Fsp3) is 0. The fourth-order valence-corrected chi connectivity index (χ4v) is 1.69. The molecule has 0 aliphatic heterocycles. The van der Waals surface area contributed by atoms with Crippen molar-refractivity contribution in [1.29, 1.82) is 5.26 Å². The predicted molar refractivity (Wildman–Crippen MR) is 71.9 cm³/mol. The SMILES string of the molecule is N#C/C(=C\c1ccc(Br)cc1)c1cccnc1. The van der Waals surface area contributed by atoms with Gasteiger partial charge in [0.15, 0.2) is 0 Å². The summed E-state index contributed by atoms with van der Waals surface area (Å²) >= 11 is 3.38. The second-order valence-electron chi connectivity index (χ2n) is 3.46. The van der Waals surface area contributed by atoms with Gasteiger partial charge in [-0.2, -0.15) is 5.26 Å². The third-order valence-corrected chi connectivity index (χ3v) is 2.80. The average Bonchev–Trinajstić information content (AvgIpc) is 2.39. The van der Waals surface area contributed by atoms with E-state index in [1.807, 2.05) is 42.5 Å². The molecule has 2 nitrogen and oxygen atoms in total. The van der Waals surface area contributed by atoms with Crippen molar-refractivity contribution >= 4 is 27.6 Å². The zero-order chi connectivity index (χ0) is 12.1. The Hall–Kier alpha value is -1.92. The van der Waals surface area contributed by atoms with Gasteiger partial charge in [-0.15, -0.1) is 0 Å². The van der Waals surface area contributed by atoms with Crippen molar-refractivity contribution in [2.24, 2.45) is 0 Å². The molecule has 17 heavy (non-hydrogen) atoms. The Morgan fingerprint density at radius 1 is 1.24 bits per heavy atom. The Labute approximate surface area is 108 Å². The van der Waals surface area contributed by atoms with Gasteiger partial charge in [0, 0.05) is 22.4 Å². The van der Waals surface area contributed by atoms with Crippen LogP contribution in [0.2, 0.25) is 0 Å². The minimum absolute atomic E-state index is 0.612. The Balaban J connectivity index is 2.37. The second-order valence-corrected chi connectivity index (χ2v) is 4.38. The summed E-state index contributed by atoms with van der Waals surface area (Å²) in [4.78, 5) is 4.01. The summed E-state index contributed by atoms with van der Waals surface area (Å²) in [5.41, 5.74) is 2.44. The number of aromatic nitrogens is 1. The molecule has 0 unspecified atom stereocenters. The molecule has 0 amide bonds. The van der Waals surface area contributed by atoms with Crippen LogP contribution < -0.4 is 0 Å². The number of pyridine rings is 1. The smallest absolute Gasteiger partial charge is 0.0998 e. The van der Waals surface area contributed by atoms with Gasteiger partial charge in [0.2, 0.25) is 0 Å². The maximum absolute atomic E-state index is 9.14. The van der Waals surface area contributed by atoms with Crippen LogP contribution in [0.4, 0.5) is 0 Å². The molecule has 1 aromatic heterocycles. The fourth-order valence-electron chi connectivity index (χ4n) is 1.43. The van der Waals surface area contributed by atoms with E-state index in [0.717, 1.165) is 15.6 Å². The van der Waals surface area contributed by atoms with Gasteiger partial charge < -0.3 is 0 Å². The van der Waals surface area contributed by atoms with E-state index < -0.39 is 0 Å². The van der Waals surface area contributed by atoms with Crippen molar-refractivity contribution in [1.82, 2.24) is 4.98 Å². The Morgan fingerprint density at radius 3 is 2.59 bits per heavy atom. The molecule has 0 atom stereocenters. The number of allylic oxidation sites excluding steroid dienone is 1. The summed E-state index contributed by atoms with van der Waals surface area (Å²) in [5.74, 6) is 0. The average molecular weight is 285 g/mol. The van der Waals surface area contributed by atoms with Crippen LogP contribution in [0.25, 0.3) is 11.6 Å². The number of hydrogen-bond donors (Lipinski definition) is 0. The van der Waals surface area contributed by atoms with E-state index in [9.17, 15) is 0 Å². The van der Waals surface area contributed by atoms with Gasteiger partial charge in [-0.3, -0.25) is 4.98 Å². The first kappa shape index (κ1) is 11.6. The van der Waals surface area contributed by atoms with Crippen molar-refractivity contribution in [3.8, 4) is 6.07 Å². The van der Waals surface area contributed by atoms with E-state index in [-0.39, 0.29) is 0 Å². The monoisotopic (exact) mass is 284 g/mol. The van der Waals surface area contributed by atoms with E-state index in [4.69, 9.17) is 5.26 Å². The van der Waals surface area contributed by atoms with Crippen molar-refractivity contribution in [2.75, 3.05) is 0 Å². The summed E-state index contributed by atoms with van der Waals surface area (Å²) in [7, 11) is 0. The van der Waals surface area contributed by atoms with E-state index >= 15 is 0 Å². The minimum atomic E-state index is 0.612. The molecule has 1 aromatic carbocycles. The van der Waals surface area contributed by atoms with Crippen molar-refractivity contribution in [2.45, 2.75) is 0 Å². The normalized spacial score (nSPS) is 10.9. The summed E-state index contributed by atoms with van der Waals surface area (Å²) in [6, 6.07) is 13.7. The Kier molecular flexibility index (Phi) is 3.69. The largest absolute Gasteiger partial charge is 0.264 e. The van der Waals surface area contributed by atoms with Gasteiger partial charge in [-0.25, -0.2) is 0 Å². The van der Waals surface area contributed by atoms with Crippen LogP contribution in [-0.4, -0.2) is 4.98 Å². The third kappa shape index (κ3) is 3.02. The Bertz CT molecular complexity index is 565. The van der Waals surface area contributed by atoms with Crippen LogP contribution in [-0.2, 0) is 0 Å². The Morgan fingerprint density at radius 2 is 2.00 bits per heavy atom. The topological polar surface area (TPSA) is 36.7 Å². The lowest BCUT2D eigenvalue weighted by Crippen LogP contribution is -1.83. The van der Waals surface area contributed by atoms with Gasteiger partial charge in [0.05, 0.1) is 11.6 Å². The van der Waals surface area contributed by atoms with Crippen LogP contribution in [0.3, 0.4) is 0 Å². The van der Waals surface area contributed by atoms with Crippen LogP contribution in [0, 0.1) is 11.3 Å². The van der Waals surface area contributed by atoms with Gasteiger partial charge in [-0.05, 0) is 29.8 Å². The highest BCUT2D eigenvalue weighted by molar-refractivity contribution is 9.10. The highest BCUT2D eigenvalue weighted by atomic mass is 79.9. The van der Waals surface area contributed by atoms with Gasteiger partial charge in [0.25, 0.3) is 0 Å². The second kappa shape index (κ2) is 5.42. The molecular weight excluding hydrogens is 276 g/mol. The predicted octanol–water partition coefficient (Wildman–Crippen LogP) is 3.91. The van der Waals surface area contributed by atoms with Crippen molar-refractivity contribution in [3.05, 3.63) is 64.4 Å². The molecule has 0 aliphatic carbocycles. The van der Waals surface area contributed by atoms with Crippen LogP contribution in [0.1, 0.15) is 11.1 Å².